The van der Waals surface area contributed by atoms with Gasteiger partial charge in [-0.1, -0.05) is 70.2 Å². The maximum absolute atomic E-state index is 13.4. The van der Waals surface area contributed by atoms with Gasteiger partial charge in [-0.2, -0.15) is 13.2 Å². The summed E-state index contributed by atoms with van der Waals surface area (Å²) < 4.78 is 40.2. The zero-order valence-electron chi connectivity index (χ0n) is 17.5. The van der Waals surface area contributed by atoms with Gasteiger partial charge in [0, 0.05) is 5.56 Å². The molecule has 0 atom stereocenters. The van der Waals surface area contributed by atoms with Gasteiger partial charge >= 0.3 is 6.18 Å². The molecule has 1 aromatic heterocycles. The van der Waals surface area contributed by atoms with Crippen LogP contribution in [0.15, 0.2) is 65.7 Å². The predicted octanol–water partition coefficient (Wildman–Crippen LogP) is 7.76. The van der Waals surface area contributed by atoms with E-state index in [4.69, 9.17) is 4.99 Å². The lowest BCUT2D eigenvalue weighted by Gasteiger charge is -2.16. The van der Waals surface area contributed by atoms with Gasteiger partial charge in [0.25, 0.3) is 0 Å². The van der Waals surface area contributed by atoms with Gasteiger partial charge in [-0.3, -0.25) is 4.99 Å². The van der Waals surface area contributed by atoms with Gasteiger partial charge in [0.15, 0.2) is 0 Å². The fraction of sp³-hybridized carbons (Fsp3) is 0.280. The number of benzene rings is 2. The van der Waals surface area contributed by atoms with Crippen LogP contribution >= 0.6 is 0 Å². The maximum atomic E-state index is 13.4. The first kappa shape index (κ1) is 21.8. The number of para-hydroxylation sites is 1. The lowest BCUT2D eigenvalue weighted by Crippen LogP contribution is -2.07. The Morgan fingerprint density at radius 2 is 1.40 bits per heavy atom. The molecule has 0 saturated heterocycles. The highest BCUT2D eigenvalue weighted by Gasteiger charge is 2.33. The highest BCUT2D eigenvalue weighted by molar-refractivity contribution is 5.82. The van der Waals surface area contributed by atoms with E-state index in [9.17, 15) is 13.2 Å². The molecule has 0 N–H and O–H groups in total. The van der Waals surface area contributed by atoms with Crippen molar-refractivity contribution in [3.63, 3.8) is 0 Å². The molecular formula is C25H25F3N2. The van der Waals surface area contributed by atoms with Gasteiger partial charge in [0.1, 0.15) is 0 Å². The fourth-order valence-electron chi connectivity index (χ4n) is 3.42. The summed E-state index contributed by atoms with van der Waals surface area (Å²) in [5.74, 6) is 0.600. The summed E-state index contributed by atoms with van der Waals surface area (Å²) in [6, 6.07) is 16.7. The van der Waals surface area contributed by atoms with Gasteiger partial charge < -0.3 is 0 Å². The van der Waals surface area contributed by atoms with Crippen LogP contribution < -0.4 is 0 Å². The zero-order valence-corrected chi connectivity index (χ0v) is 17.5. The van der Waals surface area contributed by atoms with Crippen molar-refractivity contribution < 1.29 is 13.2 Å². The number of hydrogen-bond acceptors (Lipinski definition) is 2. The van der Waals surface area contributed by atoms with Crippen molar-refractivity contribution in [3.8, 4) is 11.3 Å². The zero-order chi connectivity index (χ0) is 21.9. The molecule has 0 amide bonds. The molecular weight excluding hydrogens is 385 g/mol. The minimum Gasteiger partial charge on any atom is -0.254 e. The van der Waals surface area contributed by atoms with Crippen molar-refractivity contribution in [1.82, 2.24) is 4.98 Å². The molecule has 0 aliphatic heterocycles. The van der Waals surface area contributed by atoms with E-state index in [1.165, 1.54) is 12.1 Å². The Bertz CT molecular complexity index is 1020. The second-order valence-electron chi connectivity index (χ2n) is 7.84. The summed E-state index contributed by atoms with van der Waals surface area (Å²) in [6.07, 6.45) is -2.81. The van der Waals surface area contributed by atoms with Crippen molar-refractivity contribution >= 4 is 11.9 Å². The minimum atomic E-state index is -4.44. The van der Waals surface area contributed by atoms with Gasteiger partial charge in [-0.25, -0.2) is 4.98 Å². The molecule has 3 aromatic rings. The van der Waals surface area contributed by atoms with Crippen LogP contribution in [0.3, 0.4) is 0 Å². The molecule has 30 heavy (non-hydrogen) atoms. The molecule has 0 spiro atoms. The smallest absolute Gasteiger partial charge is 0.254 e. The minimum absolute atomic E-state index is 0.0608. The number of aromatic nitrogens is 1. The Hall–Kier alpha value is -2.95. The first-order chi connectivity index (χ1) is 14.2. The van der Waals surface area contributed by atoms with Gasteiger partial charge in [-0.15, -0.1) is 0 Å². The molecule has 5 heteroatoms. The molecule has 2 nitrogen and oxygen atoms in total. The average molecular weight is 410 g/mol. The Balaban J connectivity index is 2.04. The van der Waals surface area contributed by atoms with Crippen molar-refractivity contribution in [1.29, 1.82) is 0 Å². The summed E-state index contributed by atoms with van der Waals surface area (Å²) in [7, 11) is 0. The van der Waals surface area contributed by atoms with Gasteiger partial charge in [0.05, 0.1) is 28.9 Å². The molecule has 156 valence electrons. The molecule has 0 unspecified atom stereocenters. The summed E-state index contributed by atoms with van der Waals surface area (Å²) in [5, 5.41) is 0. The van der Waals surface area contributed by atoms with Crippen molar-refractivity contribution in [2.24, 2.45) is 4.99 Å². The fourth-order valence-corrected chi connectivity index (χ4v) is 3.42. The number of rotatable bonds is 5. The molecule has 0 bridgehead atoms. The quantitative estimate of drug-likeness (QED) is 0.395. The standard InChI is InChI=1S/C25H25F3N2/c1-16(2)19-11-8-12-20(17(3)4)24(19)29-15-18-9-7-14-23(30-18)21-10-5-6-13-22(21)25(26,27)28/h5-17H,1-4H3/b29-15+. The van der Waals surface area contributed by atoms with E-state index in [1.807, 2.05) is 6.07 Å². The second kappa shape index (κ2) is 8.82. The summed E-state index contributed by atoms with van der Waals surface area (Å²) in [6.45, 7) is 8.47. The third-order valence-electron chi connectivity index (χ3n) is 4.95. The van der Waals surface area contributed by atoms with Crippen LogP contribution in [-0.2, 0) is 6.18 Å². The highest BCUT2D eigenvalue weighted by atomic mass is 19.4. The molecule has 1 heterocycles. The number of nitrogens with zero attached hydrogens (tertiary/aromatic N) is 2. The van der Waals surface area contributed by atoms with Crippen LogP contribution in [0.25, 0.3) is 11.3 Å². The molecule has 0 aliphatic rings. The topological polar surface area (TPSA) is 25.2 Å². The lowest BCUT2D eigenvalue weighted by atomic mass is 9.93. The summed E-state index contributed by atoms with van der Waals surface area (Å²) >= 11 is 0. The summed E-state index contributed by atoms with van der Waals surface area (Å²) in [5.41, 5.74) is 3.33. The van der Waals surface area contributed by atoms with Crippen molar-refractivity contribution in [3.05, 3.63) is 83.0 Å². The largest absolute Gasteiger partial charge is 0.417 e. The molecule has 0 fully saturated rings. The first-order valence-electron chi connectivity index (χ1n) is 9.99. The van der Waals surface area contributed by atoms with Crippen LogP contribution in [0, 0.1) is 0 Å². The predicted molar refractivity (Wildman–Crippen MR) is 117 cm³/mol. The second-order valence-corrected chi connectivity index (χ2v) is 7.84. The van der Waals surface area contributed by atoms with E-state index in [2.05, 4.69) is 44.8 Å². The summed E-state index contributed by atoms with van der Waals surface area (Å²) in [4.78, 5) is 9.15. The van der Waals surface area contributed by atoms with Gasteiger partial charge in [0.2, 0.25) is 0 Å². The monoisotopic (exact) mass is 410 g/mol. The van der Waals surface area contributed by atoms with Crippen LogP contribution in [0.4, 0.5) is 18.9 Å². The normalized spacial score (nSPS) is 12.3. The van der Waals surface area contributed by atoms with E-state index in [-0.39, 0.29) is 11.3 Å². The molecule has 0 aliphatic carbocycles. The Morgan fingerprint density at radius 3 is 2.00 bits per heavy atom. The maximum Gasteiger partial charge on any atom is 0.417 e. The van der Waals surface area contributed by atoms with Crippen LogP contribution in [-0.4, -0.2) is 11.2 Å². The SMILES string of the molecule is CC(C)c1cccc(C(C)C)c1/N=C/c1cccc(-c2ccccc2C(F)(F)F)n1. The first-order valence-corrected chi connectivity index (χ1v) is 9.99. The van der Waals surface area contributed by atoms with E-state index in [0.29, 0.717) is 17.5 Å². The van der Waals surface area contributed by atoms with Gasteiger partial charge in [-0.05, 0) is 41.2 Å². The van der Waals surface area contributed by atoms with Crippen LogP contribution in [0.1, 0.15) is 61.9 Å². The van der Waals surface area contributed by atoms with Crippen LogP contribution in [0.2, 0.25) is 0 Å². The number of alkyl halides is 3. The van der Waals surface area contributed by atoms with E-state index >= 15 is 0 Å². The number of aliphatic imine (C=N–C) groups is 1. The van der Waals surface area contributed by atoms with E-state index in [1.54, 1.807) is 30.5 Å². The van der Waals surface area contributed by atoms with E-state index < -0.39 is 11.7 Å². The number of halogens is 3. The molecule has 2 aromatic carbocycles. The highest BCUT2D eigenvalue weighted by Crippen LogP contribution is 2.37. The molecule has 0 radical (unpaired) electrons. The Morgan fingerprint density at radius 1 is 0.800 bits per heavy atom. The van der Waals surface area contributed by atoms with Crippen molar-refractivity contribution in [2.75, 3.05) is 0 Å². The lowest BCUT2D eigenvalue weighted by molar-refractivity contribution is -0.137. The Kier molecular flexibility index (Phi) is 6.40. The number of pyridine rings is 1. The van der Waals surface area contributed by atoms with Crippen molar-refractivity contribution in [2.45, 2.75) is 45.7 Å². The Labute approximate surface area is 175 Å². The number of hydrogen-bond donors (Lipinski definition) is 0. The van der Waals surface area contributed by atoms with E-state index in [0.717, 1.165) is 22.9 Å². The molecule has 0 saturated carbocycles. The third kappa shape index (κ3) is 4.78. The molecule has 3 rings (SSSR count). The van der Waals surface area contributed by atoms with Crippen LogP contribution in [0.5, 0.6) is 0 Å². The third-order valence-corrected chi connectivity index (χ3v) is 4.95. The average Bonchev–Trinajstić information content (AvgIpc) is 2.71.